The summed E-state index contributed by atoms with van der Waals surface area (Å²) in [6.07, 6.45) is 2.82. The van der Waals surface area contributed by atoms with E-state index in [2.05, 4.69) is 10.1 Å². The Bertz CT molecular complexity index is 911. The zero-order valence-electron chi connectivity index (χ0n) is 11.5. The van der Waals surface area contributed by atoms with Gasteiger partial charge in [0.1, 0.15) is 17.0 Å². The molecule has 3 rings (SSSR count). The SMILES string of the molecule is Cc1sc2ncn(/N=C/c3cccc(F)c3)c(=O)c2c1C. The van der Waals surface area contributed by atoms with Crippen LogP contribution in [0.25, 0.3) is 10.2 Å². The van der Waals surface area contributed by atoms with E-state index in [-0.39, 0.29) is 11.4 Å². The van der Waals surface area contributed by atoms with Crippen molar-refractivity contribution in [3.8, 4) is 0 Å². The van der Waals surface area contributed by atoms with E-state index in [4.69, 9.17) is 0 Å². The van der Waals surface area contributed by atoms with Crippen LogP contribution in [0.2, 0.25) is 0 Å². The Morgan fingerprint density at radius 3 is 2.95 bits per heavy atom. The Balaban J connectivity index is 2.07. The summed E-state index contributed by atoms with van der Waals surface area (Å²) in [5.74, 6) is -0.343. The number of fused-ring (bicyclic) bond motifs is 1. The Morgan fingerprint density at radius 1 is 1.38 bits per heavy atom. The van der Waals surface area contributed by atoms with E-state index in [9.17, 15) is 9.18 Å². The highest BCUT2D eigenvalue weighted by molar-refractivity contribution is 7.18. The van der Waals surface area contributed by atoms with Gasteiger partial charge in [0.2, 0.25) is 0 Å². The van der Waals surface area contributed by atoms with Crippen LogP contribution in [0.4, 0.5) is 4.39 Å². The Morgan fingerprint density at radius 2 is 2.19 bits per heavy atom. The molecule has 0 amide bonds. The number of nitrogens with zero attached hydrogens (tertiary/aromatic N) is 3. The molecule has 0 radical (unpaired) electrons. The van der Waals surface area contributed by atoms with Gasteiger partial charge in [-0.2, -0.15) is 9.78 Å². The summed E-state index contributed by atoms with van der Waals surface area (Å²) in [6, 6.07) is 6.01. The van der Waals surface area contributed by atoms with Crippen LogP contribution in [-0.4, -0.2) is 15.9 Å². The third-order valence-corrected chi connectivity index (χ3v) is 4.37. The van der Waals surface area contributed by atoms with Gasteiger partial charge in [0, 0.05) is 4.88 Å². The van der Waals surface area contributed by atoms with Gasteiger partial charge in [0.05, 0.1) is 11.6 Å². The maximum absolute atomic E-state index is 13.1. The predicted octanol–water partition coefficient (Wildman–Crippen LogP) is 3.10. The molecule has 21 heavy (non-hydrogen) atoms. The van der Waals surface area contributed by atoms with Crippen LogP contribution in [0.1, 0.15) is 16.0 Å². The van der Waals surface area contributed by atoms with Crippen LogP contribution in [0.5, 0.6) is 0 Å². The molecule has 0 spiro atoms. The van der Waals surface area contributed by atoms with Crippen molar-refractivity contribution in [2.24, 2.45) is 5.10 Å². The highest BCUT2D eigenvalue weighted by atomic mass is 32.1. The number of aryl methyl sites for hydroxylation is 2. The summed E-state index contributed by atoms with van der Waals surface area (Å²) < 4.78 is 14.3. The minimum absolute atomic E-state index is 0.213. The van der Waals surface area contributed by atoms with Crippen molar-refractivity contribution in [1.29, 1.82) is 0 Å². The molecule has 6 heteroatoms. The van der Waals surface area contributed by atoms with Gasteiger partial charge in [-0.05, 0) is 37.1 Å². The summed E-state index contributed by atoms with van der Waals surface area (Å²) in [6.45, 7) is 3.86. The summed E-state index contributed by atoms with van der Waals surface area (Å²) in [5, 5.41) is 4.67. The molecule has 0 bridgehead atoms. The van der Waals surface area contributed by atoms with E-state index in [0.29, 0.717) is 15.8 Å². The molecule has 4 nitrogen and oxygen atoms in total. The fraction of sp³-hybridized carbons (Fsp3) is 0.133. The van der Waals surface area contributed by atoms with Gasteiger partial charge in [-0.25, -0.2) is 9.37 Å². The van der Waals surface area contributed by atoms with Crippen molar-refractivity contribution in [3.63, 3.8) is 0 Å². The first-order valence-electron chi connectivity index (χ1n) is 6.33. The minimum atomic E-state index is -0.343. The number of hydrogen-bond donors (Lipinski definition) is 0. The number of hydrogen-bond acceptors (Lipinski definition) is 4. The third kappa shape index (κ3) is 2.50. The number of halogens is 1. The Labute approximate surface area is 124 Å². The molecule has 0 atom stereocenters. The smallest absolute Gasteiger partial charge is 0.267 e. The maximum atomic E-state index is 13.1. The van der Waals surface area contributed by atoms with Gasteiger partial charge in [0.25, 0.3) is 5.56 Å². The molecule has 0 aliphatic heterocycles. The van der Waals surface area contributed by atoms with E-state index < -0.39 is 0 Å². The van der Waals surface area contributed by atoms with Gasteiger partial charge in [-0.1, -0.05) is 12.1 Å². The van der Waals surface area contributed by atoms with E-state index >= 15 is 0 Å². The second-order valence-electron chi connectivity index (χ2n) is 4.66. The molecular formula is C15H12FN3OS. The highest BCUT2D eigenvalue weighted by Crippen LogP contribution is 2.25. The van der Waals surface area contributed by atoms with Crippen LogP contribution in [0.15, 0.2) is 40.5 Å². The molecule has 2 heterocycles. The Hall–Kier alpha value is -2.34. The standard InChI is InChI=1S/C15H12FN3OS/c1-9-10(2)21-14-13(9)15(20)19(8-17-14)18-7-11-4-3-5-12(16)6-11/h3-8H,1-2H3/b18-7+. The molecular weight excluding hydrogens is 289 g/mol. The van der Waals surface area contributed by atoms with Gasteiger partial charge in [-0.3, -0.25) is 4.79 Å². The van der Waals surface area contributed by atoms with E-state index in [1.807, 2.05) is 13.8 Å². The molecule has 0 unspecified atom stereocenters. The number of rotatable bonds is 2. The molecule has 2 aromatic heterocycles. The monoisotopic (exact) mass is 301 g/mol. The topological polar surface area (TPSA) is 47.2 Å². The first kappa shape index (κ1) is 13.6. The molecule has 3 aromatic rings. The second kappa shape index (κ2) is 5.21. The average Bonchev–Trinajstić information content (AvgIpc) is 2.74. The van der Waals surface area contributed by atoms with Crippen molar-refractivity contribution in [1.82, 2.24) is 9.66 Å². The highest BCUT2D eigenvalue weighted by Gasteiger charge is 2.11. The van der Waals surface area contributed by atoms with Crippen molar-refractivity contribution >= 4 is 27.8 Å². The van der Waals surface area contributed by atoms with Gasteiger partial charge in [-0.15, -0.1) is 11.3 Å². The van der Waals surface area contributed by atoms with Gasteiger partial charge in [0.15, 0.2) is 0 Å². The average molecular weight is 301 g/mol. The summed E-state index contributed by atoms with van der Waals surface area (Å²) in [7, 11) is 0. The van der Waals surface area contributed by atoms with E-state index in [1.54, 1.807) is 12.1 Å². The van der Waals surface area contributed by atoms with Crippen molar-refractivity contribution < 1.29 is 4.39 Å². The quantitative estimate of drug-likeness (QED) is 0.683. The van der Waals surface area contributed by atoms with Crippen molar-refractivity contribution in [3.05, 3.63) is 62.8 Å². The lowest BCUT2D eigenvalue weighted by atomic mass is 10.2. The number of benzene rings is 1. The summed E-state index contributed by atoms with van der Waals surface area (Å²) >= 11 is 1.49. The fourth-order valence-corrected chi connectivity index (χ4v) is 3.01. The normalized spacial score (nSPS) is 11.6. The lowest BCUT2D eigenvalue weighted by molar-refractivity contribution is 0.627. The van der Waals surface area contributed by atoms with Gasteiger partial charge >= 0.3 is 0 Å². The largest absolute Gasteiger partial charge is 0.282 e. The van der Waals surface area contributed by atoms with Crippen LogP contribution in [-0.2, 0) is 0 Å². The lowest BCUT2D eigenvalue weighted by Crippen LogP contribution is -2.16. The van der Waals surface area contributed by atoms with Crippen molar-refractivity contribution in [2.45, 2.75) is 13.8 Å². The molecule has 0 aliphatic rings. The van der Waals surface area contributed by atoms with Crippen LogP contribution < -0.4 is 5.56 Å². The zero-order valence-corrected chi connectivity index (χ0v) is 12.3. The zero-order chi connectivity index (χ0) is 15.0. The summed E-state index contributed by atoms with van der Waals surface area (Å²) in [5.41, 5.74) is 1.30. The van der Waals surface area contributed by atoms with Crippen LogP contribution in [0.3, 0.4) is 0 Å². The van der Waals surface area contributed by atoms with E-state index in [1.165, 1.54) is 40.7 Å². The molecule has 0 fully saturated rings. The van der Waals surface area contributed by atoms with Crippen LogP contribution >= 0.6 is 11.3 Å². The van der Waals surface area contributed by atoms with E-state index in [0.717, 1.165) is 10.4 Å². The summed E-state index contributed by atoms with van der Waals surface area (Å²) in [4.78, 5) is 18.4. The maximum Gasteiger partial charge on any atom is 0.282 e. The minimum Gasteiger partial charge on any atom is -0.267 e. The van der Waals surface area contributed by atoms with Gasteiger partial charge < -0.3 is 0 Å². The molecule has 0 N–H and O–H groups in total. The molecule has 106 valence electrons. The molecule has 0 saturated heterocycles. The molecule has 0 saturated carbocycles. The van der Waals surface area contributed by atoms with Crippen LogP contribution in [0, 0.1) is 19.7 Å². The number of thiophene rings is 1. The van der Waals surface area contributed by atoms with Crippen molar-refractivity contribution in [2.75, 3.05) is 0 Å². The lowest BCUT2D eigenvalue weighted by Gasteiger charge is -1.98. The number of aromatic nitrogens is 2. The molecule has 0 aliphatic carbocycles. The fourth-order valence-electron chi connectivity index (χ4n) is 2.02. The Kier molecular flexibility index (Phi) is 3.39. The third-order valence-electron chi connectivity index (χ3n) is 3.25. The second-order valence-corrected chi connectivity index (χ2v) is 5.86. The first-order chi connectivity index (χ1) is 10.1. The predicted molar refractivity (Wildman–Crippen MR) is 82.7 cm³/mol. The molecule has 1 aromatic carbocycles. The first-order valence-corrected chi connectivity index (χ1v) is 7.15.